The van der Waals surface area contributed by atoms with Crippen molar-refractivity contribution in [3.8, 4) is 5.69 Å². The van der Waals surface area contributed by atoms with Crippen LogP contribution < -0.4 is 5.32 Å². The number of aromatic nitrogens is 2. The van der Waals surface area contributed by atoms with Gasteiger partial charge in [-0.1, -0.05) is 42.1 Å². The molecule has 1 heterocycles. The van der Waals surface area contributed by atoms with E-state index in [4.69, 9.17) is 0 Å². The molecule has 1 N–H and O–H groups in total. The fraction of sp³-hybridized carbons (Fsp3) is 0.200. The van der Waals surface area contributed by atoms with Crippen LogP contribution in [0.3, 0.4) is 0 Å². The maximum Gasteiger partial charge on any atom is 0.230 e. The lowest BCUT2D eigenvalue weighted by Crippen LogP contribution is -2.25. The molecule has 0 atom stereocenters. The average Bonchev–Trinajstić information content (AvgIpc) is 3.10. The zero-order valence-corrected chi connectivity index (χ0v) is 15.5. The number of hydrogen-bond donors (Lipinski definition) is 1. The van der Waals surface area contributed by atoms with Gasteiger partial charge in [0.1, 0.15) is 5.82 Å². The number of amides is 1. The van der Waals surface area contributed by atoms with E-state index >= 15 is 0 Å². The first-order valence-corrected chi connectivity index (χ1v) is 9.27. The highest BCUT2D eigenvalue weighted by Gasteiger charge is 2.11. The standard InChI is InChI=1S/C20H20FN3OS/c1-14-6-5-9-18(15(14)2)24-11-10-22-20(24)26-13-19(25)23-12-16-7-3-4-8-17(16)21/h3-11H,12-13H2,1-2H3,(H,23,25). The van der Waals surface area contributed by atoms with Gasteiger partial charge in [0.25, 0.3) is 0 Å². The molecule has 0 saturated heterocycles. The number of halogens is 1. The molecule has 0 aliphatic heterocycles. The first-order chi connectivity index (χ1) is 12.6. The van der Waals surface area contributed by atoms with E-state index in [9.17, 15) is 9.18 Å². The van der Waals surface area contributed by atoms with Crippen LogP contribution in [0.2, 0.25) is 0 Å². The van der Waals surface area contributed by atoms with Crippen LogP contribution in [0.4, 0.5) is 4.39 Å². The van der Waals surface area contributed by atoms with Gasteiger partial charge in [-0.25, -0.2) is 9.37 Å². The summed E-state index contributed by atoms with van der Waals surface area (Å²) in [5.41, 5.74) is 3.91. The van der Waals surface area contributed by atoms with Crippen LogP contribution in [0.25, 0.3) is 5.69 Å². The molecule has 1 amide bonds. The minimum atomic E-state index is -0.314. The van der Waals surface area contributed by atoms with Crippen LogP contribution in [0, 0.1) is 19.7 Å². The lowest BCUT2D eigenvalue weighted by Gasteiger charge is -2.12. The van der Waals surface area contributed by atoms with Crippen molar-refractivity contribution in [3.05, 3.63) is 77.4 Å². The van der Waals surface area contributed by atoms with E-state index in [1.54, 1.807) is 24.4 Å². The molecule has 3 rings (SSSR count). The van der Waals surface area contributed by atoms with Crippen LogP contribution >= 0.6 is 11.8 Å². The van der Waals surface area contributed by atoms with E-state index in [0.717, 1.165) is 10.8 Å². The molecule has 0 radical (unpaired) electrons. The van der Waals surface area contributed by atoms with Crippen LogP contribution in [0.15, 0.2) is 60.0 Å². The van der Waals surface area contributed by atoms with Gasteiger partial charge in [-0.05, 0) is 37.1 Å². The molecule has 0 saturated carbocycles. The summed E-state index contributed by atoms with van der Waals surface area (Å²) in [4.78, 5) is 16.5. The largest absolute Gasteiger partial charge is 0.351 e. The number of imidazole rings is 1. The third kappa shape index (κ3) is 4.14. The number of carbonyl (C=O) groups is 1. The zero-order valence-electron chi connectivity index (χ0n) is 14.7. The van der Waals surface area contributed by atoms with E-state index in [1.807, 2.05) is 22.9 Å². The third-order valence-electron chi connectivity index (χ3n) is 4.21. The number of rotatable bonds is 6. The van der Waals surface area contributed by atoms with Crippen LogP contribution in [0.5, 0.6) is 0 Å². The molecular formula is C20H20FN3OS. The number of hydrogen-bond acceptors (Lipinski definition) is 3. The monoisotopic (exact) mass is 369 g/mol. The van der Waals surface area contributed by atoms with Gasteiger partial charge in [0.15, 0.2) is 5.16 Å². The molecule has 0 unspecified atom stereocenters. The number of aryl methyl sites for hydroxylation is 1. The molecule has 0 spiro atoms. The number of nitrogens with one attached hydrogen (secondary N) is 1. The normalized spacial score (nSPS) is 10.7. The molecule has 1 aromatic heterocycles. The summed E-state index contributed by atoms with van der Waals surface area (Å²) in [5.74, 6) is -0.254. The molecule has 2 aromatic carbocycles. The van der Waals surface area contributed by atoms with E-state index in [2.05, 4.69) is 30.2 Å². The molecule has 3 aromatic rings. The predicted molar refractivity (Wildman–Crippen MR) is 102 cm³/mol. The van der Waals surface area contributed by atoms with E-state index in [1.165, 1.54) is 29.0 Å². The summed E-state index contributed by atoms with van der Waals surface area (Å²) in [5, 5.41) is 3.49. The summed E-state index contributed by atoms with van der Waals surface area (Å²) in [7, 11) is 0. The Morgan fingerprint density at radius 3 is 2.81 bits per heavy atom. The van der Waals surface area contributed by atoms with Crippen molar-refractivity contribution < 1.29 is 9.18 Å². The van der Waals surface area contributed by atoms with Crippen molar-refractivity contribution in [1.82, 2.24) is 14.9 Å². The molecule has 6 heteroatoms. The number of nitrogens with zero attached hydrogens (tertiary/aromatic N) is 2. The molecule has 0 bridgehead atoms. The number of thioether (sulfide) groups is 1. The summed E-state index contributed by atoms with van der Waals surface area (Å²) >= 11 is 1.36. The smallest absolute Gasteiger partial charge is 0.230 e. The fourth-order valence-electron chi connectivity index (χ4n) is 2.59. The maximum atomic E-state index is 13.6. The van der Waals surface area contributed by atoms with E-state index < -0.39 is 0 Å². The fourth-order valence-corrected chi connectivity index (χ4v) is 3.39. The molecule has 0 aliphatic rings. The maximum absolute atomic E-state index is 13.6. The van der Waals surface area contributed by atoms with E-state index in [0.29, 0.717) is 5.56 Å². The van der Waals surface area contributed by atoms with Crippen LogP contribution in [-0.2, 0) is 11.3 Å². The minimum absolute atomic E-state index is 0.159. The second kappa shape index (κ2) is 8.19. The van der Waals surface area contributed by atoms with Gasteiger partial charge in [-0.3, -0.25) is 9.36 Å². The molecule has 4 nitrogen and oxygen atoms in total. The summed E-state index contributed by atoms with van der Waals surface area (Å²) in [6.45, 7) is 4.32. The highest BCUT2D eigenvalue weighted by atomic mass is 32.2. The minimum Gasteiger partial charge on any atom is -0.351 e. The lowest BCUT2D eigenvalue weighted by atomic mass is 10.1. The first kappa shape index (κ1) is 18.2. The third-order valence-corrected chi connectivity index (χ3v) is 5.18. The lowest BCUT2D eigenvalue weighted by molar-refractivity contribution is -0.118. The van der Waals surface area contributed by atoms with E-state index in [-0.39, 0.29) is 24.0 Å². The molecular weight excluding hydrogens is 349 g/mol. The first-order valence-electron chi connectivity index (χ1n) is 8.29. The Bertz CT molecular complexity index is 923. The van der Waals surface area contributed by atoms with Crippen molar-refractivity contribution in [1.29, 1.82) is 0 Å². The second-order valence-corrected chi connectivity index (χ2v) is 6.90. The Balaban J connectivity index is 1.62. The zero-order chi connectivity index (χ0) is 18.5. The number of carbonyl (C=O) groups excluding carboxylic acids is 1. The highest BCUT2D eigenvalue weighted by molar-refractivity contribution is 7.99. The van der Waals surface area contributed by atoms with Crippen molar-refractivity contribution in [2.24, 2.45) is 0 Å². The van der Waals surface area contributed by atoms with Gasteiger partial charge in [0, 0.05) is 24.5 Å². The summed E-state index contributed by atoms with van der Waals surface area (Å²) < 4.78 is 15.6. The Hall–Kier alpha value is -2.60. The Labute approximate surface area is 156 Å². The quantitative estimate of drug-likeness (QED) is 0.667. The topological polar surface area (TPSA) is 46.9 Å². The van der Waals surface area contributed by atoms with Gasteiger partial charge in [-0.15, -0.1) is 0 Å². The molecule has 0 aliphatic carbocycles. The molecule has 134 valence electrons. The van der Waals surface area contributed by atoms with Crippen LogP contribution in [-0.4, -0.2) is 21.2 Å². The van der Waals surface area contributed by atoms with Crippen molar-refractivity contribution >= 4 is 17.7 Å². The van der Waals surface area contributed by atoms with Gasteiger partial charge in [-0.2, -0.15) is 0 Å². The van der Waals surface area contributed by atoms with Gasteiger partial charge >= 0.3 is 0 Å². The summed E-state index contributed by atoms with van der Waals surface area (Å²) in [6, 6.07) is 12.5. The van der Waals surface area contributed by atoms with Crippen LogP contribution in [0.1, 0.15) is 16.7 Å². The summed E-state index contributed by atoms with van der Waals surface area (Å²) in [6.07, 6.45) is 3.61. The Kier molecular flexibility index (Phi) is 5.73. The molecule has 0 fully saturated rings. The van der Waals surface area contributed by atoms with Crippen molar-refractivity contribution in [2.45, 2.75) is 25.5 Å². The second-order valence-electron chi connectivity index (χ2n) is 5.96. The predicted octanol–water partition coefficient (Wildman–Crippen LogP) is 4.04. The van der Waals surface area contributed by atoms with Gasteiger partial charge in [0.05, 0.1) is 11.4 Å². The SMILES string of the molecule is Cc1cccc(-n2ccnc2SCC(=O)NCc2ccccc2F)c1C. The van der Waals surface area contributed by atoms with Crippen molar-refractivity contribution in [3.63, 3.8) is 0 Å². The van der Waals surface area contributed by atoms with Gasteiger partial charge < -0.3 is 5.32 Å². The Morgan fingerprint density at radius 1 is 1.19 bits per heavy atom. The van der Waals surface area contributed by atoms with Gasteiger partial charge in [0.2, 0.25) is 5.91 Å². The van der Waals surface area contributed by atoms with Crippen molar-refractivity contribution in [2.75, 3.05) is 5.75 Å². The molecule has 26 heavy (non-hydrogen) atoms. The number of benzene rings is 2. The average molecular weight is 369 g/mol. The highest BCUT2D eigenvalue weighted by Crippen LogP contribution is 2.24. The Morgan fingerprint density at radius 2 is 2.00 bits per heavy atom.